The fourth-order valence-corrected chi connectivity index (χ4v) is 2.92. The van der Waals surface area contributed by atoms with E-state index in [1.807, 2.05) is 63.2 Å². The zero-order valence-electron chi connectivity index (χ0n) is 15.1. The molecule has 0 aromatic heterocycles. The summed E-state index contributed by atoms with van der Waals surface area (Å²) >= 11 is 2.22. The van der Waals surface area contributed by atoms with E-state index in [0.29, 0.717) is 0 Å². The Morgan fingerprint density at radius 2 is 1.65 bits per heavy atom. The van der Waals surface area contributed by atoms with E-state index >= 15 is 0 Å². The Hall–Kier alpha value is -2.22. The van der Waals surface area contributed by atoms with Gasteiger partial charge in [-0.3, -0.25) is 9.59 Å². The molecule has 6 heteroatoms. The van der Waals surface area contributed by atoms with Crippen LogP contribution in [0.5, 0.6) is 0 Å². The Labute approximate surface area is 167 Å². The SMILES string of the molecule is CC(=NNC(=O)CCC(=O)Nc1ccc(I)cc1C)c1ccc(C)cc1. The summed E-state index contributed by atoms with van der Waals surface area (Å²) in [6, 6.07) is 13.7. The lowest BCUT2D eigenvalue weighted by Gasteiger charge is -2.08. The molecule has 0 fully saturated rings. The van der Waals surface area contributed by atoms with Crippen LogP contribution in [0, 0.1) is 17.4 Å². The minimum atomic E-state index is -0.286. The van der Waals surface area contributed by atoms with Gasteiger partial charge in [-0.1, -0.05) is 29.8 Å². The third kappa shape index (κ3) is 6.25. The Morgan fingerprint density at radius 3 is 2.31 bits per heavy atom. The summed E-state index contributed by atoms with van der Waals surface area (Å²) in [5.74, 6) is -0.477. The Morgan fingerprint density at radius 1 is 1.00 bits per heavy atom. The molecule has 2 aromatic rings. The number of nitrogens with one attached hydrogen (secondary N) is 2. The van der Waals surface area contributed by atoms with Gasteiger partial charge in [-0.2, -0.15) is 5.10 Å². The predicted octanol–water partition coefficient (Wildman–Crippen LogP) is 4.17. The average Bonchev–Trinajstić information content (AvgIpc) is 2.61. The number of hydrogen-bond acceptors (Lipinski definition) is 3. The number of anilines is 1. The van der Waals surface area contributed by atoms with Crippen molar-refractivity contribution < 1.29 is 9.59 Å². The minimum absolute atomic E-state index is 0.0833. The smallest absolute Gasteiger partial charge is 0.240 e. The molecule has 136 valence electrons. The first kappa shape index (κ1) is 20.1. The second-order valence-corrected chi connectivity index (χ2v) is 7.35. The van der Waals surface area contributed by atoms with Crippen molar-refractivity contribution in [1.29, 1.82) is 0 Å². The van der Waals surface area contributed by atoms with Crippen molar-refractivity contribution >= 4 is 45.8 Å². The number of halogens is 1. The van der Waals surface area contributed by atoms with Gasteiger partial charge < -0.3 is 5.32 Å². The van der Waals surface area contributed by atoms with Crippen LogP contribution in [0.4, 0.5) is 5.69 Å². The highest BCUT2D eigenvalue weighted by atomic mass is 127. The molecule has 0 atom stereocenters. The molecule has 0 saturated heterocycles. The molecule has 0 aliphatic heterocycles. The summed E-state index contributed by atoms with van der Waals surface area (Å²) < 4.78 is 1.11. The van der Waals surface area contributed by atoms with E-state index in [0.717, 1.165) is 26.1 Å². The molecule has 0 aliphatic rings. The number of hydrazone groups is 1. The molecular weight excluding hydrogens is 441 g/mol. The van der Waals surface area contributed by atoms with E-state index in [1.165, 1.54) is 5.56 Å². The molecule has 2 N–H and O–H groups in total. The highest BCUT2D eigenvalue weighted by Crippen LogP contribution is 2.18. The molecule has 0 radical (unpaired) electrons. The van der Waals surface area contributed by atoms with E-state index < -0.39 is 0 Å². The summed E-state index contributed by atoms with van der Waals surface area (Å²) in [5.41, 5.74) is 7.10. The lowest BCUT2D eigenvalue weighted by molar-refractivity contribution is -0.124. The molecule has 26 heavy (non-hydrogen) atoms. The fourth-order valence-electron chi connectivity index (χ4n) is 2.27. The standard InChI is InChI=1S/C20H22IN3O2/c1-13-4-6-16(7-5-13)15(3)23-24-20(26)11-10-19(25)22-18-9-8-17(21)12-14(18)2/h4-9,12H,10-11H2,1-3H3,(H,22,25)(H,24,26). The molecular formula is C20H22IN3O2. The molecule has 0 spiro atoms. The lowest BCUT2D eigenvalue weighted by Crippen LogP contribution is -2.22. The third-order valence-electron chi connectivity index (χ3n) is 3.86. The van der Waals surface area contributed by atoms with Gasteiger partial charge in [0.2, 0.25) is 11.8 Å². The second kappa shape index (κ2) is 9.47. The molecule has 0 aliphatic carbocycles. The predicted molar refractivity (Wildman–Crippen MR) is 113 cm³/mol. The van der Waals surface area contributed by atoms with Gasteiger partial charge in [0.1, 0.15) is 0 Å². The van der Waals surface area contributed by atoms with Gasteiger partial charge in [-0.15, -0.1) is 0 Å². The van der Waals surface area contributed by atoms with Crippen molar-refractivity contribution in [2.45, 2.75) is 33.6 Å². The summed E-state index contributed by atoms with van der Waals surface area (Å²) in [7, 11) is 0. The van der Waals surface area contributed by atoms with Crippen molar-refractivity contribution in [2.24, 2.45) is 5.10 Å². The maximum Gasteiger partial charge on any atom is 0.240 e. The normalized spacial score (nSPS) is 11.2. The Balaban J connectivity index is 1.81. The van der Waals surface area contributed by atoms with Crippen LogP contribution in [0.2, 0.25) is 0 Å². The number of rotatable bonds is 6. The molecule has 2 aromatic carbocycles. The van der Waals surface area contributed by atoms with E-state index in [-0.39, 0.29) is 24.7 Å². The molecule has 0 saturated carbocycles. The molecule has 0 bridgehead atoms. The van der Waals surface area contributed by atoms with Crippen molar-refractivity contribution in [3.63, 3.8) is 0 Å². The monoisotopic (exact) mass is 463 g/mol. The zero-order valence-corrected chi connectivity index (χ0v) is 17.3. The first-order valence-corrected chi connectivity index (χ1v) is 9.39. The quantitative estimate of drug-likeness (QED) is 0.384. The van der Waals surface area contributed by atoms with Gasteiger partial charge in [0.15, 0.2) is 0 Å². The van der Waals surface area contributed by atoms with Gasteiger partial charge >= 0.3 is 0 Å². The number of carbonyl (C=O) groups excluding carboxylic acids is 2. The van der Waals surface area contributed by atoms with Crippen LogP contribution in [0.3, 0.4) is 0 Å². The molecule has 0 unspecified atom stereocenters. The van der Waals surface area contributed by atoms with Gasteiger partial charge in [0, 0.05) is 22.1 Å². The van der Waals surface area contributed by atoms with Gasteiger partial charge in [0.05, 0.1) is 5.71 Å². The number of amides is 2. The van der Waals surface area contributed by atoms with Crippen molar-refractivity contribution in [3.8, 4) is 0 Å². The van der Waals surface area contributed by atoms with Gasteiger partial charge in [0.25, 0.3) is 0 Å². The molecule has 2 amide bonds. The minimum Gasteiger partial charge on any atom is -0.326 e. The largest absolute Gasteiger partial charge is 0.326 e. The van der Waals surface area contributed by atoms with Crippen LogP contribution < -0.4 is 10.7 Å². The number of aryl methyl sites for hydroxylation is 2. The maximum absolute atomic E-state index is 12.0. The zero-order chi connectivity index (χ0) is 19.1. The number of benzene rings is 2. The maximum atomic E-state index is 12.0. The van der Waals surface area contributed by atoms with Gasteiger partial charge in [-0.25, -0.2) is 5.43 Å². The van der Waals surface area contributed by atoms with Crippen molar-refractivity contribution in [1.82, 2.24) is 5.43 Å². The first-order valence-electron chi connectivity index (χ1n) is 8.31. The van der Waals surface area contributed by atoms with Crippen LogP contribution in [-0.2, 0) is 9.59 Å². The molecule has 5 nitrogen and oxygen atoms in total. The lowest BCUT2D eigenvalue weighted by atomic mass is 10.1. The van der Waals surface area contributed by atoms with Crippen molar-refractivity contribution in [3.05, 3.63) is 62.7 Å². The Bertz CT molecular complexity index is 829. The summed E-state index contributed by atoms with van der Waals surface area (Å²) in [6.07, 6.45) is 0.191. The third-order valence-corrected chi connectivity index (χ3v) is 4.53. The number of carbonyl (C=O) groups is 2. The van der Waals surface area contributed by atoms with E-state index in [4.69, 9.17) is 0 Å². The Kier molecular flexibility index (Phi) is 7.32. The van der Waals surface area contributed by atoms with Crippen LogP contribution in [0.1, 0.15) is 36.5 Å². The molecule has 0 heterocycles. The highest BCUT2D eigenvalue weighted by Gasteiger charge is 2.08. The summed E-state index contributed by atoms with van der Waals surface area (Å²) in [4.78, 5) is 23.9. The van der Waals surface area contributed by atoms with Crippen LogP contribution >= 0.6 is 22.6 Å². The van der Waals surface area contributed by atoms with Crippen molar-refractivity contribution in [2.75, 3.05) is 5.32 Å². The molecule has 2 rings (SSSR count). The second-order valence-electron chi connectivity index (χ2n) is 6.11. The van der Waals surface area contributed by atoms with Crippen LogP contribution in [0.25, 0.3) is 0 Å². The highest BCUT2D eigenvalue weighted by molar-refractivity contribution is 14.1. The summed E-state index contributed by atoms with van der Waals surface area (Å²) in [6.45, 7) is 5.78. The number of nitrogens with zero attached hydrogens (tertiary/aromatic N) is 1. The van der Waals surface area contributed by atoms with Crippen LogP contribution in [-0.4, -0.2) is 17.5 Å². The van der Waals surface area contributed by atoms with E-state index in [1.54, 1.807) is 0 Å². The van der Waals surface area contributed by atoms with E-state index in [2.05, 4.69) is 38.4 Å². The van der Waals surface area contributed by atoms with Gasteiger partial charge in [-0.05, 0) is 72.7 Å². The number of hydrogen-bond donors (Lipinski definition) is 2. The average molecular weight is 463 g/mol. The topological polar surface area (TPSA) is 70.6 Å². The first-order chi connectivity index (χ1) is 12.3. The summed E-state index contributed by atoms with van der Waals surface area (Å²) in [5, 5.41) is 6.93. The van der Waals surface area contributed by atoms with Crippen LogP contribution in [0.15, 0.2) is 47.6 Å². The van der Waals surface area contributed by atoms with E-state index in [9.17, 15) is 9.59 Å². The fraction of sp³-hybridized carbons (Fsp3) is 0.250.